The fourth-order valence-corrected chi connectivity index (χ4v) is 3.64. The summed E-state index contributed by atoms with van der Waals surface area (Å²) < 4.78 is 0. The Hall–Kier alpha value is -3.47. The second-order valence-electron chi connectivity index (χ2n) is 7.21. The quantitative estimate of drug-likeness (QED) is 0.741. The molecule has 0 radical (unpaired) electrons. The maximum absolute atomic E-state index is 13.1. The van der Waals surface area contributed by atoms with Crippen LogP contribution in [0.2, 0.25) is 0 Å². The molecule has 2 heterocycles. The van der Waals surface area contributed by atoms with Gasteiger partial charge in [0, 0.05) is 18.8 Å². The smallest absolute Gasteiger partial charge is 0.276 e. The number of aromatic nitrogens is 1. The number of nitrogens with zero attached hydrogens (tertiary/aromatic N) is 2. The lowest BCUT2D eigenvalue weighted by Crippen LogP contribution is -2.36. The molecule has 0 saturated carbocycles. The fourth-order valence-electron chi connectivity index (χ4n) is 3.64. The van der Waals surface area contributed by atoms with Crippen LogP contribution in [0, 0.1) is 6.92 Å². The van der Waals surface area contributed by atoms with Crippen molar-refractivity contribution in [3.63, 3.8) is 0 Å². The third-order valence-corrected chi connectivity index (χ3v) is 5.26. The van der Waals surface area contributed by atoms with Crippen LogP contribution in [0.4, 0.5) is 5.69 Å². The van der Waals surface area contributed by atoms with Gasteiger partial charge in [-0.05, 0) is 54.7 Å². The zero-order valence-corrected chi connectivity index (χ0v) is 16.4. The van der Waals surface area contributed by atoms with Crippen molar-refractivity contribution in [3.05, 3.63) is 94.8 Å². The molecule has 0 aliphatic carbocycles. The molecule has 0 fully saturated rings. The fraction of sp³-hybridized carbons (Fsp3) is 0.208. The third kappa shape index (κ3) is 4.04. The van der Waals surface area contributed by atoms with Gasteiger partial charge in [-0.3, -0.25) is 9.59 Å². The summed E-state index contributed by atoms with van der Waals surface area (Å²) in [5, 5.41) is 2.89. The van der Waals surface area contributed by atoms with E-state index in [-0.39, 0.29) is 23.2 Å². The highest BCUT2D eigenvalue weighted by molar-refractivity contribution is 6.06. The first-order valence-electron chi connectivity index (χ1n) is 9.83. The molecule has 1 N–H and O–H groups in total. The molecule has 0 saturated heterocycles. The first-order valence-corrected chi connectivity index (χ1v) is 9.83. The van der Waals surface area contributed by atoms with E-state index >= 15 is 0 Å². The largest absolute Gasteiger partial charge is 0.347 e. The van der Waals surface area contributed by atoms with Crippen molar-refractivity contribution < 1.29 is 9.59 Å². The predicted molar refractivity (Wildman–Crippen MR) is 113 cm³/mol. The standard InChI is InChI=1S/C24H23N3O2/c1-17-8-2-3-10-19(17)16-25-23(28)20-12-6-13-21(26-20)24(29)27-15-7-11-18-9-4-5-14-22(18)27/h2-6,8-10,12-14H,7,11,15-16H2,1H3,(H,25,28). The van der Waals surface area contributed by atoms with Crippen molar-refractivity contribution in [1.29, 1.82) is 0 Å². The average molecular weight is 385 g/mol. The number of rotatable bonds is 4. The SMILES string of the molecule is Cc1ccccc1CNC(=O)c1cccc(C(=O)N2CCCc3ccccc32)n1. The summed E-state index contributed by atoms with van der Waals surface area (Å²) in [7, 11) is 0. The van der Waals surface area contributed by atoms with Crippen molar-refractivity contribution in [2.24, 2.45) is 0 Å². The van der Waals surface area contributed by atoms with Crippen molar-refractivity contribution in [2.45, 2.75) is 26.3 Å². The molecule has 5 nitrogen and oxygen atoms in total. The van der Waals surface area contributed by atoms with Gasteiger partial charge in [-0.15, -0.1) is 0 Å². The van der Waals surface area contributed by atoms with Crippen LogP contribution in [0.3, 0.4) is 0 Å². The maximum Gasteiger partial charge on any atom is 0.276 e. The van der Waals surface area contributed by atoms with Gasteiger partial charge in [0.2, 0.25) is 0 Å². The Morgan fingerprint density at radius 2 is 1.72 bits per heavy atom. The van der Waals surface area contributed by atoms with Gasteiger partial charge in [-0.1, -0.05) is 48.5 Å². The van der Waals surface area contributed by atoms with Crippen molar-refractivity contribution in [2.75, 3.05) is 11.4 Å². The van der Waals surface area contributed by atoms with E-state index in [0.717, 1.165) is 29.7 Å². The number of hydrogen-bond acceptors (Lipinski definition) is 3. The summed E-state index contributed by atoms with van der Waals surface area (Å²) in [6.45, 7) is 3.08. The molecule has 2 amide bonds. The Morgan fingerprint density at radius 3 is 2.59 bits per heavy atom. The Labute approximate surface area is 170 Å². The number of nitrogens with one attached hydrogen (secondary N) is 1. The Kier molecular flexibility index (Phi) is 5.38. The molecule has 1 aliphatic rings. The second kappa shape index (κ2) is 8.27. The van der Waals surface area contributed by atoms with E-state index in [2.05, 4.69) is 16.4 Å². The Bertz CT molecular complexity index is 1060. The van der Waals surface area contributed by atoms with Crippen LogP contribution < -0.4 is 10.2 Å². The van der Waals surface area contributed by atoms with E-state index < -0.39 is 0 Å². The number of aryl methyl sites for hydroxylation is 2. The normalized spacial score (nSPS) is 12.9. The summed E-state index contributed by atoms with van der Waals surface area (Å²) in [5.41, 5.74) is 4.80. The molecule has 3 aromatic rings. The Balaban J connectivity index is 1.51. The van der Waals surface area contributed by atoms with Gasteiger partial charge in [0.15, 0.2) is 0 Å². The molecule has 0 spiro atoms. The molecule has 29 heavy (non-hydrogen) atoms. The Morgan fingerprint density at radius 1 is 0.966 bits per heavy atom. The van der Waals surface area contributed by atoms with Gasteiger partial charge in [-0.25, -0.2) is 4.98 Å². The molecule has 1 aliphatic heterocycles. The number of fused-ring (bicyclic) bond motifs is 1. The van der Waals surface area contributed by atoms with Crippen LogP contribution in [0.15, 0.2) is 66.7 Å². The van der Waals surface area contributed by atoms with Crippen molar-refractivity contribution >= 4 is 17.5 Å². The topological polar surface area (TPSA) is 62.3 Å². The lowest BCUT2D eigenvalue weighted by molar-refractivity contribution is 0.0945. The number of para-hydroxylation sites is 1. The summed E-state index contributed by atoms with van der Waals surface area (Å²) in [5.74, 6) is -0.465. The van der Waals surface area contributed by atoms with E-state index in [0.29, 0.717) is 13.1 Å². The molecule has 0 unspecified atom stereocenters. The molecule has 146 valence electrons. The molecule has 0 bridgehead atoms. The molecule has 1 aromatic heterocycles. The third-order valence-electron chi connectivity index (χ3n) is 5.26. The second-order valence-corrected chi connectivity index (χ2v) is 7.21. The highest BCUT2D eigenvalue weighted by Crippen LogP contribution is 2.27. The highest BCUT2D eigenvalue weighted by Gasteiger charge is 2.24. The number of carbonyl (C=O) groups is 2. The van der Waals surface area contributed by atoms with Crippen LogP contribution in [0.25, 0.3) is 0 Å². The zero-order valence-electron chi connectivity index (χ0n) is 16.4. The first kappa shape index (κ1) is 18.9. The van der Waals surface area contributed by atoms with Gasteiger partial charge in [0.25, 0.3) is 11.8 Å². The average Bonchev–Trinajstić information content (AvgIpc) is 2.77. The lowest BCUT2D eigenvalue weighted by atomic mass is 10.0. The molecule has 2 aromatic carbocycles. The van der Waals surface area contributed by atoms with Gasteiger partial charge in [0.1, 0.15) is 11.4 Å². The van der Waals surface area contributed by atoms with Crippen LogP contribution in [-0.4, -0.2) is 23.3 Å². The highest BCUT2D eigenvalue weighted by atomic mass is 16.2. The van der Waals surface area contributed by atoms with Crippen LogP contribution in [-0.2, 0) is 13.0 Å². The van der Waals surface area contributed by atoms with Gasteiger partial charge in [-0.2, -0.15) is 0 Å². The molecular formula is C24H23N3O2. The summed E-state index contributed by atoms with van der Waals surface area (Å²) in [6, 6.07) is 20.9. The monoisotopic (exact) mass is 385 g/mol. The number of pyridine rings is 1. The van der Waals surface area contributed by atoms with E-state index in [1.165, 1.54) is 5.56 Å². The molecule has 0 atom stereocenters. The number of amides is 2. The van der Waals surface area contributed by atoms with E-state index in [1.807, 2.05) is 49.4 Å². The van der Waals surface area contributed by atoms with Gasteiger partial charge >= 0.3 is 0 Å². The summed E-state index contributed by atoms with van der Waals surface area (Å²) in [4.78, 5) is 31.8. The number of benzene rings is 2. The number of carbonyl (C=O) groups excluding carboxylic acids is 2. The number of hydrogen-bond donors (Lipinski definition) is 1. The molecular weight excluding hydrogens is 362 g/mol. The summed E-state index contributed by atoms with van der Waals surface area (Å²) >= 11 is 0. The number of anilines is 1. The molecule has 4 rings (SSSR count). The van der Waals surface area contributed by atoms with Gasteiger partial charge < -0.3 is 10.2 Å². The maximum atomic E-state index is 13.1. The van der Waals surface area contributed by atoms with Crippen molar-refractivity contribution in [1.82, 2.24) is 10.3 Å². The predicted octanol–water partition coefficient (Wildman–Crippen LogP) is 3.91. The van der Waals surface area contributed by atoms with Crippen molar-refractivity contribution in [3.8, 4) is 0 Å². The minimum Gasteiger partial charge on any atom is -0.347 e. The lowest BCUT2D eigenvalue weighted by Gasteiger charge is -2.29. The first-order chi connectivity index (χ1) is 14.1. The minimum absolute atomic E-state index is 0.175. The molecule has 5 heteroatoms. The van der Waals surface area contributed by atoms with E-state index in [1.54, 1.807) is 23.1 Å². The van der Waals surface area contributed by atoms with Crippen LogP contribution in [0.1, 0.15) is 44.1 Å². The minimum atomic E-state index is -0.290. The van der Waals surface area contributed by atoms with E-state index in [9.17, 15) is 9.59 Å². The van der Waals surface area contributed by atoms with Crippen LogP contribution in [0.5, 0.6) is 0 Å². The summed E-state index contributed by atoms with van der Waals surface area (Å²) in [6.07, 6.45) is 1.88. The zero-order chi connectivity index (χ0) is 20.2. The van der Waals surface area contributed by atoms with E-state index in [4.69, 9.17) is 0 Å². The van der Waals surface area contributed by atoms with Gasteiger partial charge in [0.05, 0.1) is 0 Å². The van der Waals surface area contributed by atoms with Crippen LogP contribution >= 0.6 is 0 Å².